The predicted octanol–water partition coefficient (Wildman–Crippen LogP) is 0.837. The van der Waals surface area contributed by atoms with E-state index < -0.39 is 5.97 Å². The van der Waals surface area contributed by atoms with E-state index in [0.717, 1.165) is 0 Å². The first-order valence-corrected chi connectivity index (χ1v) is 11.5. The van der Waals surface area contributed by atoms with E-state index in [2.05, 4.69) is 4.74 Å². The molecule has 12 nitrogen and oxygen atoms in total. The summed E-state index contributed by atoms with van der Waals surface area (Å²) in [6.45, 7) is 5.12. The Hall–Kier alpha value is -1.83. The normalized spacial score (nSPS) is 10.9. The van der Waals surface area contributed by atoms with E-state index >= 15 is 0 Å². The summed E-state index contributed by atoms with van der Waals surface area (Å²) in [6.07, 6.45) is 1.47. The van der Waals surface area contributed by atoms with Crippen molar-refractivity contribution in [2.75, 3.05) is 93.0 Å². The van der Waals surface area contributed by atoms with Gasteiger partial charge in [0.2, 0.25) is 0 Å². The minimum atomic E-state index is -0.864. The van der Waals surface area contributed by atoms with E-state index in [1.54, 1.807) is 0 Å². The second kappa shape index (κ2) is 25.8. The van der Waals surface area contributed by atoms with Crippen LogP contribution in [0, 0.1) is 0 Å². The molecule has 0 radical (unpaired) electrons. The van der Waals surface area contributed by atoms with Gasteiger partial charge in [-0.3, -0.25) is 14.4 Å². The Labute approximate surface area is 201 Å². The van der Waals surface area contributed by atoms with Gasteiger partial charge in [-0.2, -0.15) is 0 Å². The number of hydrogen-bond donors (Lipinski definition) is 1. The number of carboxylic acids is 1. The molecule has 1 N–H and O–H groups in total. The highest BCUT2D eigenvalue weighted by molar-refractivity contribution is 5.70. The number of unbranched alkanes of at least 4 members (excludes halogenated alkanes) is 1. The number of carbonyl (C=O) groups is 3. The van der Waals surface area contributed by atoms with Gasteiger partial charge in [-0.15, -0.1) is 0 Å². The maximum atomic E-state index is 11.4. The summed E-state index contributed by atoms with van der Waals surface area (Å²) in [5.74, 6) is -1.51. The largest absolute Gasteiger partial charge is 0.481 e. The highest BCUT2D eigenvalue weighted by Crippen LogP contribution is 2.01. The molecule has 12 heteroatoms. The van der Waals surface area contributed by atoms with Crippen molar-refractivity contribution in [3.8, 4) is 0 Å². The summed E-state index contributed by atoms with van der Waals surface area (Å²) in [5.41, 5.74) is 0. The Kier molecular flexibility index (Phi) is 24.4. The monoisotopic (exact) mass is 496 g/mol. The van der Waals surface area contributed by atoms with Crippen LogP contribution in [0.4, 0.5) is 0 Å². The molecule has 0 rings (SSSR count). The first-order valence-electron chi connectivity index (χ1n) is 11.5. The summed E-state index contributed by atoms with van der Waals surface area (Å²) in [6, 6.07) is 0. The predicted molar refractivity (Wildman–Crippen MR) is 119 cm³/mol. The molecule has 0 saturated carbocycles. The molecule has 0 spiro atoms. The Bertz CT molecular complexity index is 500. The van der Waals surface area contributed by atoms with Crippen LogP contribution in [0.2, 0.25) is 0 Å². The third-order valence-corrected chi connectivity index (χ3v) is 4.05. The van der Waals surface area contributed by atoms with Crippen LogP contribution in [0.5, 0.6) is 0 Å². The lowest BCUT2D eigenvalue weighted by atomic mass is 10.2. The van der Waals surface area contributed by atoms with Gasteiger partial charge in [-0.05, 0) is 12.8 Å². The Morgan fingerprint density at radius 1 is 0.500 bits per heavy atom. The van der Waals surface area contributed by atoms with Crippen molar-refractivity contribution in [2.45, 2.75) is 32.1 Å². The lowest BCUT2D eigenvalue weighted by Crippen LogP contribution is -2.15. The van der Waals surface area contributed by atoms with Crippen LogP contribution in [-0.4, -0.2) is 116 Å². The molecule has 0 saturated heterocycles. The third-order valence-electron chi connectivity index (χ3n) is 4.05. The first kappa shape index (κ1) is 32.2. The highest BCUT2D eigenvalue weighted by atomic mass is 16.6. The quantitative estimate of drug-likeness (QED) is 0.134. The lowest BCUT2D eigenvalue weighted by Gasteiger charge is -2.08. The molecule has 0 bridgehead atoms. The Morgan fingerprint density at radius 2 is 0.882 bits per heavy atom. The number of rotatable bonds is 26. The third kappa shape index (κ3) is 26.4. The number of esters is 2. The summed E-state index contributed by atoms with van der Waals surface area (Å²) in [7, 11) is 1.34. The molecule has 0 aromatic heterocycles. The Morgan fingerprint density at radius 3 is 1.29 bits per heavy atom. The fourth-order valence-corrected chi connectivity index (χ4v) is 2.29. The fraction of sp³-hybridized carbons (Fsp3) is 0.864. The molecule has 0 heterocycles. The molecule has 0 aliphatic heterocycles. The van der Waals surface area contributed by atoms with Crippen LogP contribution < -0.4 is 0 Å². The summed E-state index contributed by atoms with van der Waals surface area (Å²) < 4.78 is 41.4. The maximum Gasteiger partial charge on any atom is 0.307 e. The second-order valence-corrected chi connectivity index (χ2v) is 6.82. The molecule has 34 heavy (non-hydrogen) atoms. The lowest BCUT2D eigenvalue weighted by molar-refractivity contribution is -0.146. The molecule has 0 unspecified atom stereocenters. The number of aliphatic carboxylic acids is 1. The van der Waals surface area contributed by atoms with Gasteiger partial charge in [0, 0.05) is 12.8 Å². The minimum Gasteiger partial charge on any atom is -0.481 e. The van der Waals surface area contributed by atoms with Gasteiger partial charge in [0.15, 0.2) is 0 Å². The number of hydrogen-bond acceptors (Lipinski definition) is 11. The molecule has 0 aromatic carbocycles. The van der Waals surface area contributed by atoms with Gasteiger partial charge in [0.25, 0.3) is 0 Å². The number of carboxylic acid groups (broad SMARTS) is 1. The van der Waals surface area contributed by atoms with E-state index in [1.165, 1.54) is 7.11 Å². The van der Waals surface area contributed by atoms with Crippen LogP contribution in [0.15, 0.2) is 0 Å². The topological polar surface area (TPSA) is 145 Å². The van der Waals surface area contributed by atoms with Crippen LogP contribution in [0.1, 0.15) is 32.1 Å². The summed E-state index contributed by atoms with van der Waals surface area (Å²) >= 11 is 0. The second-order valence-electron chi connectivity index (χ2n) is 6.82. The number of methoxy groups -OCH3 is 1. The van der Waals surface area contributed by atoms with Crippen LogP contribution >= 0.6 is 0 Å². The molecule has 200 valence electrons. The number of ether oxygens (including phenoxy) is 8. The minimum absolute atomic E-state index is 0.0602. The first-order chi connectivity index (χ1) is 16.6. The molecular formula is C22H40O12. The van der Waals surface area contributed by atoms with Crippen LogP contribution in [-0.2, 0) is 52.3 Å². The van der Waals surface area contributed by atoms with E-state index in [9.17, 15) is 14.4 Å². The SMILES string of the molecule is COC(=O)CCOCCOCCOCCOCCOCCOCCOC(=O)CCCCC(=O)O. The van der Waals surface area contributed by atoms with E-state index in [-0.39, 0.29) is 44.4 Å². The smallest absolute Gasteiger partial charge is 0.307 e. The molecular weight excluding hydrogens is 456 g/mol. The van der Waals surface area contributed by atoms with Crippen molar-refractivity contribution in [2.24, 2.45) is 0 Å². The van der Waals surface area contributed by atoms with Crippen molar-refractivity contribution in [3.63, 3.8) is 0 Å². The zero-order valence-corrected chi connectivity index (χ0v) is 20.2. The number of carbonyl (C=O) groups excluding carboxylic acids is 2. The van der Waals surface area contributed by atoms with E-state index in [1.807, 2.05) is 0 Å². The van der Waals surface area contributed by atoms with Gasteiger partial charge in [-0.1, -0.05) is 0 Å². The summed E-state index contributed by atoms with van der Waals surface area (Å²) in [4.78, 5) is 32.6. The fourth-order valence-electron chi connectivity index (χ4n) is 2.29. The molecule has 0 fully saturated rings. The van der Waals surface area contributed by atoms with Gasteiger partial charge in [-0.25, -0.2) is 0 Å². The highest BCUT2D eigenvalue weighted by Gasteiger charge is 2.04. The average molecular weight is 497 g/mol. The standard InChI is InChI=1S/C22H40O12/c1-27-21(25)6-7-28-8-9-29-10-11-30-12-13-31-14-15-32-16-17-33-18-19-34-22(26)5-3-2-4-20(23)24/h2-19H2,1H3,(H,23,24). The van der Waals surface area contributed by atoms with Gasteiger partial charge in [0.05, 0.1) is 92.8 Å². The zero-order chi connectivity index (χ0) is 25.1. The van der Waals surface area contributed by atoms with E-state index in [0.29, 0.717) is 85.5 Å². The molecule has 0 atom stereocenters. The summed E-state index contributed by atoms with van der Waals surface area (Å²) in [5, 5.41) is 8.51. The molecule has 0 aliphatic rings. The van der Waals surface area contributed by atoms with Gasteiger partial charge < -0.3 is 43.0 Å². The van der Waals surface area contributed by atoms with Crippen molar-refractivity contribution < 1.29 is 57.4 Å². The van der Waals surface area contributed by atoms with Gasteiger partial charge >= 0.3 is 17.9 Å². The average Bonchev–Trinajstić information content (AvgIpc) is 2.82. The maximum absolute atomic E-state index is 11.4. The molecule has 0 aromatic rings. The van der Waals surface area contributed by atoms with Crippen molar-refractivity contribution >= 4 is 17.9 Å². The van der Waals surface area contributed by atoms with Crippen LogP contribution in [0.3, 0.4) is 0 Å². The van der Waals surface area contributed by atoms with E-state index in [4.69, 9.17) is 38.3 Å². The molecule has 0 amide bonds. The van der Waals surface area contributed by atoms with Gasteiger partial charge in [0.1, 0.15) is 6.61 Å². The van der Waals surface area contributed by atoms with Crippen molar-refractivity contribution in [3.05, 3.63) is 0 Å². The Balaban J connectivity index is 3.13. The zero-order valence-electron chi connectivity index (χ0n) is 20.2. The van der Waals surface area contributed by atoms with Crippen LogP contribution in [0.25, 0.3) is 0 Å². The molecule has 0 aliphatic carbocycles. The van der Waals surface area contributed by atoms with Crippen molar-refractivity contribution in [1.29, 1.82) is 0 Å². The van der Waals surface area contributed by atoms with Crippen molar-refractivity contribution in [1.82, 2.24) is 0 Å².